The Morgan fingerprint density at radius 3 is 2.56 bits per heavy atom. The van der Waals surface area contributed by atoms with Gasteiger partial charge in [0.1, 0.15) is 0 Å². The Morgan fingerprint density at radius 1 is 1.28 bits per heavy atom. The van der Waals surface area contributed by atoms with Crippen LogP contribution in [-0.2, 0) is 10.2 Å². The molecule has 1 aliphatic rings. The van der Waals surface area contributed by atoms with Gasteiger partial charge in [-0.3, -0.25) is 4.79 Å². The Bertz CT molecular complexity index is 482. The summed E-state index contributed by atoms with van der Waals surface area (Å²) in [5, 5.41) is 2.87. The minimum atomic E-state index is -0.0362. The minimum absolute atomic E-state index is 0.0362. The zero-order valence-electron chi connectivity index (χ0n) is 11.4. The largest absolute Gasteiger partial charge is 0.330 e. The summed E-state index contributed by atoms with van der Waals surface area (Å²) in [5.74, 6) is 0.0499. The lowest BCUT2D eigenvalue weighted by molar-refractivity contribution is -0.122. The van der Waals surface area contributed by atoms with Crippen LogP contribution in [0.1, 0.15) is 50.7 Å². The lowest BCUT2D eigenvalue weighted by Gasteiger charge is -2.29. The quantitative estimate of drug-likeness (QED) is 0.803. The normalized spacial score (nSPS) is 20.7. The molecule has 1 amide bonds. The van der Waals surface area contributed by atoms with Gasteiger partial charge in [-0.2, -0.15) is 0 Å². The van der Waals surface area contributed by atoms with E-state index < -0.39 is 0 Å². The summed E-state index contributed by atoms with van der Waals surface area (Å²) >= 11 is 0. The monoisotopic (exact) mass is 243 g/mol. The van der Waals surface area contributed by atoms with Crippen LogP contribution in [0.5, 0.6) is 0 Å². The maximum Gasteiger partial charge on any atom is 0.231 e. The predicted octanol–water partition coefficient (Wildman–Crippen LogP) is 3.49. The van der Waals surface area contributed by atoms with Gasteiger partial charge >= 0.3 is 0 Å². The molecule has 1 heterocycles. The topological polar surface area (TPSA) is 29.1 Å². The highest BCUT2D eigenvalue weighted by molar-refractivity contribution is 5.86. The minimum Gasteiger partial charge on any atom is -0.330 e. The number of amides is 1. The van der Waals surface area contributed by atoms with E-state index in [9.17, 15) is 4.79 Å². The lowest BCUT2D eigenvalue weighted by Crippen LogP contribution is -2.34. The second-order valence-electron chi connectivity index (χ2n) is 6.02. The molecule has 0 aromatic heterocycles. The Hall–Kier alpha value is -1.57. The molecule has 18 heavy (non-hydrogen) atoms. The molecule has 0 bridgehead atoms. The van der Waals surface area contributed by atoms with Crippen LogP contribution in [0.15, 0.2) is 36.5 Å². The molecule has 1 aliphatic heterocycles. The first-order valence-electron chi connectivity index (χ1n) is 6.47. The molecule has 1 saturated heterocycles. The van der Waals surface area contributed by atoms with E-state index in [1.165, 1.54) is 5.56 Å². The van der Waals surface area contributed by atoms with Gasteiger partial charge in [0.05, 0.1) is 5.92 Å². The molecule has 1 aromatic carbocycles. The van der Waals surface area contributed by atoms with Crippen molar-refractivity contribution in [2.24, 2.45) is 0 Å². The average Bonchev–Trinajstić information content (AvgIpc) is 2.28. The molecule has 2 heteroatoms. The van der Waals surface area contributed by atoms with Crippen molar-refractivity contribution in [1.29, 1.82) is 0 Å². The summed E-state index contributed by atoms with van der Waals surface area (Å²) in [4.78, 5) is 12.1. The Kier molecular flexibility index (Phi) is 3.29. The van der Waals surface area contributed by atoms with E-state index in [0.29, 0.717) is 0 Å². The predicted molar refractivity (Wildman–Crippen MR) is 74.4 cm³/mol. The molecular formula is C16H21NO. The molecule has 96 valence electrons. The Morgan fingerprint density at radius 2 is 1.94 bits per heavy atom. The van der Waals surface area contributed by atoms with Crippen molar-refractivity contribution in [3.05, 3.63) is 47.7 Å². The Balaban J connectivity index is 2.39. The highest BCUT2D eigenvalue weighted by Crippen LogP contribution is 2.34. The fraction of sp³-hybridized carbons (Fsp3) is 0.438. The van der Waals surface area contributed by atoms with E-state index in [4.69, 9.17) is 0 Å². The second kappa shape index (κ2) is 4.60. The first-order chi connectivity index (χ1) is 8.39. The molecule has 1 N–H and O–H groups in total. The maximum absolute atomic E-state index is 12.1. The van der Waals surface area contributed by atoms with Crippen molar-refractivity contribution in [2.45, 2.75) is 44.9 Å². The molecule has 1 unspecified atom stereocenters. The van der Waals surface area contributed by atoms with Crippen LogP contribution in [0, 0.1) is 0 Å². The third kappa shape index (κ3) is 2.47. The Labute approximate surface area is 109 Å². The first-order valence-corrected chi connectivity index (χ1v) is 6.47. The fourth-order valence-corrected chi connectivity index (χ4v) is 2.55. The molecule has 1 aromatic rings. The van der Waals surface area contributed by atoms with Gasteiger partial charge < -0.3 is 5.32 Å². The summed E-state index contributed by atoms with van der Waals surface area (Å²) in [6, 6.07) is 8.27. The maximum atomic E-state index is 12.1. The molecule has 1 atom stereocenters. The number of hydrogen-bond acceptors (Lipinski definition) is 1. The molecule has 2 rings (SSSR count). The van der Waals surface area contributed by atoms with Gasteiger partial charge in [-0.05, 0) is 29.4 Å². The second-order valence-corrected chi connectivity index (χ2v) is 6.02. The van der Waals surface area contributed by atoms with Crippen molar-refractivity contribution < 1.29 is 4.79 Å². The standard InChI is InChI=1S/C16H21NO/c1-11-9-10-13(15(18)17-11)12-7-5-6-8-14(12)16(2,3)4/h5-8,13H,1,9-10H2,2-4H3,(H,17,18). The van der Waals surface area contributed by atoms with E-state index in [-0.39, 0.29) is 17.2 Å². The molecule has 1 fully saturated rings. The van der Waals surface area contributed by atoms with Crippen LogP contribution < -0.4 is 5.32 Å². The number of benzene rings is 1. The van der Waals surface area contributed by atoms with Gasteiger partial charge in [0.15, 0.2) is 0 Å². The number of carbonyl (C=O) groups excluding carboxylic acids is 1. The van der Waals surface area contributed by atoms with Crippen molar-refractivity contribution in [3.63, 3.8) is 0 Å². The van der Waals surface area contributed by atoms with E-state index >= 15 is 0 Å². The summed E-state index contributed by atoms with van der Waals surface area (Å²) in [6.07, 6.45) is 1.73. The lowest BCUT2D eigenvalue weighted by atomic mass is 9.78. The van der Waals surface area contributed by atoms with E-state index in [0.717, 1.165) is 24.1 Å². The van der Waals surface area contributed by atoms with Crippen LogP contribution >= 0.6 is 0 Å². The van der Waals surface area contributed by atoms with Gasteiger partial charge in [-0.1, -0.05) is 51.6 Å². The molecule has 0 radical (unpaired) electrons. The highest BCUT2D eigenvalue weighted by Gasteiger charge is 2.29. The van der Waals surface area contributed by atoms with Crippen molar-refractivity contribution >= 4 is 5.91 Å². The van der Waals surface area contributed by atoms with E-state index in [1.54, 1.807) is 0 Å². The SMILES string of the molecule is C=C1CCC(c2ccccc2C(C)(C)C)C(=O)N1. The van der Waals surface area contributed by atoms with Crippen LogP contribution in [0.4, 0.5) is 0 Å². The molecule has 0 spiro atoms. The summed E-state index contributed by atoms with van der Waals surface area (Å²) in [7, 11) is 0. The van der Waals surface area contributed by atoms with Crippen molar-refractivity contribution in [3.8, 4) is 0 Å². The van der Waals surface area contributed by atoms with Crippen LogP contribution in [-0.4, -0.2) is 5.91 Å². The number of rotatable bonds is 1. The summed E-state index contributed by atoms with van der Waals surface area (Å²) in [5.41, 5.74) is 3.32. The van der Waals surface area contributed by atoms with Crippen LogP contribution in [0.2, 0.25) is 0 Å². The highest BCUT2D eigenvalue weighted by atomic mass is 16.2. The number of piperidine rings is 1. The van der Waals surface area contributed by atoms with Gasteiger partial charge in [0.2, 0.25) is 5.91 Å². The van der Waals surface area contributed by atoms with Gasteiger partial charge in [0, 0.05) is 5.70 Å². The average molecular weight is 243 g/mol. The third-order valence-corrected chi connectivity index (χ3v) is 3.50. The molecule has 0 aliphatic carbocycles. The van der Waals surface area contributed by atoms with Crippen molar-refractivity contribution in [2.75, 3.05) is 0 Å². The summed E-state index contributed by atoms with van der Waals surface area (Å²) in [6.45, 7) is 10.4. The molecule has 0 saturated carbocycles. The number of carbonyl (C=O) groups is 1. The van der Waals surface area contributed by atoms with E-state index in [1.807, 2.05) is 12.1 Å². The van der Waals surface area contributed by atoms with Crippen molar-refractivity contribution in [1.82, 2.24) is 5.32 Å². The first kappa shape index (κ1) is 12.9. The third-order valence-electron chi connectivity index (χ3n) is 3.50. The van der Waals surface area contributed by atoms with Crippen LogP contribution in [0.3, 0.4) is 0 Å². The summed E-state index contributed by atoms with van der Waals surface area (Å²) < 4.78 is 0. The fourth-order valence-electron chi connectivity index (χ4n) is 2.55. The molecule has 2 nitrogen and oxygen atoms in total. The van der Waals surface area contributed by atoms with Gasteiger partial charge in [-0.25, -0.2) is 0 Å². The molecular weight excluding hydrogens is 222 g/mol. The van der Waals surface area contributed by atoms with Gasteiger partial charge in [0.25, 0.3) is 0 Å². The van der Waals surface area contributed by atoms with E-state index in [2.05, 4.69) is 44.8 Å². The number of allylic oxidation sites excluding steroid dienone is 1. The number of nitrogens with one attached hydrogen (secondary N) is 1. The zero-order valence-corrected chi connectivity index (χ0v) is 11.4. The number of hydrogen-bond donors (Lipinski definition) is 1. The van der Waals surface area contributed by atoms with Gasteiger partial charge in [-0.15, -0.1) is 0 Å². The smallest absolute Gasteiger partial charge is 0.231 e. The van der Waals surface area contributed by atoms with Crippen LogP contribution in [0.25, 0.3) is 0 Å². The zero-order chi connectivity index (χ0) is 13.3.